The average molecular weight is 285 g/mol. The Morgan fingerprint density at radius 2 is 1.86 bits per heavy atom. The molecule has 0 spiro atoms. The molecule has 0 aromatic heterocycles. The summed E-state index contributed by atoms with van der Waals surface area (Å²) in [6.45, 7) is 2.64. The van der Waals surface area contributed by atoms with E-state index in [-0.39, 0.29) is 5.78 Å². The molecule has 4 heteroatoms. The van der Waals surface area contributed by atoms with Crippen LogP contribution in [0.25, 0.3) is 0 Å². The largest absolute Gasteiger partial charge is 0.493 e. The molecule has 2 aromatic rings. The topological polar surface area (TPSA) is 61.5 Å². The summed E-state index contributed by atoms with van der Waals surface area (Å²) >= 11 is 0. The number of ether oxygens (including phenoxy) is 2. The van der Waals surface area contributed by atoms with Crippen molar-refractivity contribution in [2.75, 3.05) is 19.5 Å². The number of methoxy groups -OCH3 is 1. The Balaban J connectivity index is 2.30. The third-order valence-electron chi connectivity index (χ3n) is 3.04. The van der Waals surface area contributed by atoms with Crippen LogP contribution in [0, 0.1) is 0 Å². The molecule has 2 N–H and O–H groups in total. The molecule has 2 rings (SSSR count). The zero-order valence-corrected chi connectivity index (χ0v) is 12.3. The van der Waals surface area contributed by atoms with Gasteiger partial charge in [0.15, 0.2) is 17.3 Å². The summed E-state index contributed by atoms with van der Waals surface area (Å²) in [6, 6.07) is 12.1. The highest BCUT2D eigenvalue weighted by atomic mass is 16.5. The van der Waals surface area contributed by atoms with Crippen LogP contribution in [0.15, 0.2) is 42.5 Å². The standard InChI is InChI=1S/C17H19NO3/c1-3-9-21-15-8-7-13(11-16(15)20-2)17(19)12-5-4-6-14(18)10-12/h4-8,10-11H,3,9,18H2,1-2H3. The molecule has 0 aliphatic heterocycles. The lowest BCUT2D eigenvalue weighted by atomic mass is 10.0. The number of carbonyl (C=O) groups excluding carboxylic acids is 1. The number of anilines is 1. The molecule has 0 atom stereocenters. The number of rotatable bonds is 6. The molecule has 2 aromatic carbocycles. The van der Waals surface area contributed by atoms with Crippen LogP contribution < -0.4 is 15.2 Å². The van der Waals surface area contributed by atoms with Crippen LogP contribution in [0.4, 0.5) is 5.69 Å². The first-order chi connectivity index (χ1) is 10.2. The van der Waals surface area contributed by atoms with Gasteiger partial charge >= 0.3 is 0 Å². The molecule has 0 aliphatic rings. The van der Waals surface area contributed by atoms with Crippen LogP contribution in [-0.2, 0) is 0 Å². The molecular weight excluding hydrogens is 266 g/mol. The number of ketones is 1. The minimum atomic E-state index is -0.0948. The van der Waals surface area contributed by atoms with Crippen molar-refractivity contribution in [1.29, 1.82) is 0 Å². The highest BCUT2D eigenvalue weighted by molar-refractivity contribution is 6.09. The maximum atomic E-state index is 12.4. The van der Waals surface area contributed by atoms with Crippen LogP contribution in [0.5, 0.6) is 11.5 Å². The zero-order chi connectivity index (χ0) is 15.2. The van der Waals surface area contributed by atoms with Gasteiger partial charge in [-0.05, 0) is 36.8 Å². The Hall–Kier alpha value is -2.49. The quantitative estimate of drug-likeness (QED) is 0.653. The molecule has 0 unspecified atom stereocenters. The van der Waals surface area contributed by atoms with Gasteiger partial charge in [0.05, 0.1) is 13.7 Å². The molecule has 0 amide bonds. The van der Waals surface area contributed by atoms with E-state index in [0.29, 0.717) is 34.9 Å². The maximum Gasteiger partial charge on any atom is 0.193 e. The highest BCUT2D eigenvalue weighted by Crippen LogP contribution is 2.29. The number of nitrogens with two attached hydrogens (primary N) is 1. The van der Waals surface area contributed by atoms with Crippen LogP contribution in [-0.4, -0.2) is 19.5 Å². The SMILES string of the molecule is CCCOc1ccc(C(=O)c2cccc(N)c2)cc1OC. The van der Waals surface area contributed by atoms with E-state index in [4.69, 9.17) is 15.2 Å². The molecule has 0 heterocycles. The van der Waals surface area contributed by atoms with Gasteiger partial charge in [-0.1, -0.05) is 19.1 Å². The molecule has 4 nitrogen and oxygen atoms in total. The fraction of sp³-hybridized carbons (Fsp3) is 0.235. The van der Waals surface area contributed by atoms with Gasteiger partial charge in [0, 0.05) is 16.8 Å². The monoisotopic (exact) mass is 285 g/mol. The van der Waals surface area contributed by atoms with E-state index in [1.54, 1.807) is 49.6 Å². The van der Waals surface area contributed by atoms with Crippen molar-refractivity contribution in [3.63, 3.8) is 0 Å². The summed E-state index contributed by atoms with van der Waals surface area (Å²) in [5.74, 6) is 1.10. The zero-order valence-electron chi connectivity index (χ0n) is 12.3. The second-order valence-corrected chi connectivity index (χ2v) is 4.67. The maximum absolute atomic E-state index is 12.4. The summed E-state index contributed by atoms with van der Waals surface area (Å²) < 4.78 is 10.9. The van der Waals surface area contributed by atoms with Gasteiger partial charge in [0.1, 0.15) is 0 Å². The van der Waals surface area contributed by atoms with E-state index in [2.05, 4.69) is 0 Å². The van der Waals surface area contributed by atoms with Crippen molar-refractivity contribution in [3.8, 4) is 11.5 Å². The third-order valence-corrected chi connectivity index (χ3v) is 3.04. The Bertz CT molecular complexity index is 638. The molecule has 110 valence electrons. The first-order valence-electron chi connectivity index (χ1n) is 6.86. The van der Waals surface area contributed by atoms with Gasteiger partial charge in [0.25, 0.3) is 0 Å². The van der Waals surface area contributed by atoms with Crippen molar-refractivity contribution in [3.05, 3.63) is 53.6 Å². The second kappa shape index (κ2) is 6.79. The summed E-state index contributed by atoms with van der Waals surface area (Å²) in [7, 11) is 1.56. The van der Waals surface area contributed by atoms with Crippen LogP contribution in [0.2, 0.25) is 0 Å². The Labute approximate surface area is 124 Å². The van der Waals surface area contributed by atoms with Crippen LogP contribution in [0.3, 0.4) is 0 Å². The predicted molar refractivity (Wildman–Crippen MR) is 83.1 cm³/mol. The van der Waals surface area contributed by atoms with E-state index in [0.717, 1.165) is 6.42 Å². The van der Waals surface area contributed by atoms with Crippen molar-refractivity contribution >= 4 is 11.5 Å². The molecular formula is C17H19NO3. The van der Waals surface area contributed by atoms with Gasteiger partial charge in [-0.25, -0.2) is 0 Å². The van der Waals surface area contributed by atoms with Gasteiger partial charge in [-0.3, -0.25) is 4.79 Å². The van der Waals surface area contributed by atoms with Gasteiger partial charge in [-0.15, -0.1) is 0 Å². The average Bonchev–Trinajstić information content (AvgIpc) is 2.52. The van der Waals surface area contributed by atoms with Gasteiger partial charge in [0.2, 0.25) is 0 Å². The lowest BCUT2D eigenvalue weighted by molar-refractivity contribution is 0.103. The number of hydrogen-bond acceptors (Lipinski definition) is 4. The lowest BCUT2D eigenvalue weighted by Crippen LogP contribution is -2.04. The Morgan fingerprint density at radius 1 is 1.10 bits per heavy atom. The molecule has 21 heavy (non-hydrogen) atoms. The van der Waals surface area contributed by atoms with E-state index in [1.807, 2.05) is 6.92 Å². The summed E-state index contributed by atoms with van der Waals surface area (Å²) in [6.07, 6.45) is 0.910. The van der Waals surface area contributed by atoms with E-state index in [1.165, 1.54) is 0 Å². The molecule has 0 bridgehead atoms. The van der Waals surface area contributed by atoms with Crippen molar-refractivity contribution in [1.82, 2.24) is 0 Å². The van der Waals surface area contributed by atoms with Crippen molar-refractivity contribution in [2.45, 2.75) is 13.3 Å². The van der Waals surface area contributed by atoms with Crippen molar-refractivity contribution < 1.29 is 14.3 Å². The Kier molecular flexibility index (Phi) is 4.82. The number of hydrogen-bond donors (Lipinski definition) is 1. The minimum Gasteiger partial charge on any atom is -0.493 e. The van der Waals surface area contributed by atoms with Crippen LogP contribution in [0.1, 0.15) is 29.3 Å². The molecule has 0 saturated carbocycles. The highest BCUT2D eigenvalue weighted by Gasteiger charge is 2.13. The minimum absolute atomic E-state index is 0.0948. The molecule has 0 saturated heterocycles. The van der Waals surface area contributed by atoms with Gasteiger partial charge < -0.3 is 15.2 Å². The predicted octanol–water partition coefficient (Wildman–Crippen LogP) is 3.30. The fourth-order valence-electron chi connectivity index (χ4n) is 1.99. The van der Waals surface area contributed by atoms with E-state index >= 15 is 0 Å². The smallest absolute Gasteiger partial charge is 0.193 e. The van der Waals surface area contributed by atoms with Crippen molar-refractivity contribution in [2.24, 2.45) is 0 Å². The van der Waals surface area contributed by atoms with E-state index in [9.17, 15) is 4.79 Å². The normalized spacial score (nSPS) is 10.2. The summed E-state index contributed by atoms with van der Waals surface area (Å²) in [4.78, 5) is 12.4. The molecule has 0 radical (unpaired) electrons. The summed E-state index contributed by atoms with van der Waals surface area (Å²) in [5.41, 5.74) is 7.38. The second-order valence-electron chi connectivity index (χ2n) is 4.67. The molecule has 0 aliphatic carbocycles. The number of carbonyl (C=O) groups is 1. The fourth-order valence-corrected chi connectivity index (χ4v) is 1.99. The third kappa shape index (κ3) is 3.54. The number of benzene rings is 2. The number of nitrogen functional groups attached to an aromatic ring is 1. The molecule has 0 fully saturated rings. The van der Waals surface area contributed by atoms with E-state index < -0.39 is 0 Å². The Morgan fingerprint density at radius 3 is 2.52 bits per heavy atom. The first-order valence-corrected chi connectivity index (χ1v) is 6.86. The van der Waals surface area contributed by atoms with Gasteiger partial charge in [-0.2, -0.15) is 0 Å². The summed E-state index contributed by atoms with van der Waals surface area (Å²) in [5, 5.41) is 0. The van der Waals surface area contributed by atoms with Crippen LogP contribution >= 0.6 is 0 Å². The first kappa shape index (κ1) is 14.9. The lowest BCUT2D eigenvalue weighted by Gasteiger charge is -2.11.